The van der Waals surface area contributed by atoms with Gasteiger partial charge in [-0.2, -0.15) is 0 Å². The lowest BCUT2D eigenvalue weighted by molar-refractivity contribution is -0.144. The molecule has 1 aliphatic rings. The molecule has 0 radical (unpaired) electrons. The second-order valence-electron chi connectivity index (χ2n) is 5.97. The summed E-state index contributed by atoms with van der Waals surface area (Å²) in [5.74, 6) is -1.59. The Morgan fingerprint density at radius 1 is 1.33 bits per heavy atom. The molecule has 1 aliphatic heterocycles. The highest BCUT2D eigenvalue weighted by molar-refractivity contribution is 5.86. The van der Waals surface area contributed by atoms with Crippen LogP contribution in [0.2, 0.25) is 0 Å². The molecule has 120 valence electrons. The SMILES string of the molecule is CCC[C@H](NC(=O)C1CCCN(C(=O)C(C)C)C1)C(=O)O. The van der Waals surface area contributed by atoms with Gasteiger partial charge in [-0.25, -0.2) is 4.79 Å². The van der Waals surface area contributed by atoms with Gasteiger partial charge in [0, 0.05) is 19.0 Å². The van der Waals surface area contributed by atoms with E-state index in [4.69, 9.17) is 5.11 Å². The van der Waals surface area contributed by atoms with Crippen LogP contribution >= 0.6 is 0 Å². The molecule has 0 spiro atoms. The molecule has 2 N–H and O–H groups in total. The summed E-state index contributed by atoms with van der Waals surface area (Å²) >= 11 is 0. The third-order valence-electron chi connectivity index (χ3n) is 3.79. The van der Waals surface area contributed by atoms with E-state index in [2.05, 4.69) is 5.32 Å². The van der Waals surface area contributed by atoms with Crippen molar-refractivity contribution in [3.8, 4) is 0 Å². The molecule has 6 nitrogen and oxygen atoms in total. The van der Waals surface area contributed by atoms with Crippen molar-refractivity contribution in [2.75, 3.05) is 13.1 Å². The predicted octanol–water partition coefficient (Wildman–Crippen LogP) is 1.25. The van der Waals surface area contributed by atoms with Gasteiger partial charge in [-0.15, -0.1) is 0 Å². The monoisotopic (exact) mass is 298 g/mol. The van der Waals surface area contributed by atoms with Crippen molar-refractivity contribution in [3.05, 3.63) is 0 Å². The highest BCUT2D eigenvalue weighted by Gasteiger charge is 2.31. The van der Waals surface area contributed by atoms with Gasteiger partial charge in [0.2, 0.25) is 11.8 Å². The van der Waals surface area contributed by atoms with E-state index in [0.29, 0.717) is 32.4 Å². The summed E-state index contributed by atoms with van der Waals surface area (Å²) < 4.78 is 0. The van der Waals surface area contributed by atoms with Crippen molar-refractivity contribution in [1.29, 1.82) is 0 Å². The first-order valence-electron chi connectivity index (χ1n) is 7.68. The molecule has 0 bridgehead atoms. The maximum absolute atomic E-state index is 12.2. The van der Waals surface area contributed by atoms with Gasteiger partial charge < -0.3 is 15.3 Å². The van der Waals surface area contributed by atoms with Gasteiger partial charge in [0.1, 0.15) is 6.04 Å². The first-order valence-corrected chi connectivity index (χ1v) is 7.68. The van der Waals surface area contributed by atoms with E-state index in [-0.39, 0.29) is 23.7 Å². The standard InChI is InChI=1S/C15H26N2O4/c1-4-6-12(15(20)21)16-13(18)11-7-5-8-17(9-11)14(19)10(2)3/h10-12H,4-9H2,1-3H3,(H,16,18)(H,20,21)/t11?,12-/m0/s1. The number of hydrogen-bond donors (Lipinski definition) is 2. The Morgan fingerprint density at radius 3 is 2.52 bits per heavy atom. The van der Waals surface area contributed by atoms with E-state index < -0.39 is 12.0 Å². The number of rotatable bonds is 6. The molecule has 21 heavy (non-hydrogen) atoms. The third-order valence-corrected chi connectivity index (χ3v) is 3.79. The van der Waals surface area contributed by atoms with Crippen LogP contribution in [-0.4, -0.2) is 46.9 Å². The maximum Gasteiger partial charge on any atom is 0.326 e. The highest BCUT2D eigenvalue weighted by Crippen LogP contribution is 2.19. The molecule has 6 heteroatoms. The van der Waals surface area contributed by atoms with Crippen molar-refractivity contribution in [2.24, 2.45) is 11.8 Å². The Balaban J connectivity index is 2.61. The van der Waals surface area contributed by atoms with E-state index in [1.807, 2.05) is 20.8 Å². The van der Waals surface area contributed by atoms with Crippen LogP contribution < -0.4 is 5.32 Å². The second-order valence-corrected chi connectivity index (χ2v) is 5.97. The van der Waals surface area contributed by atoms with Crippen LogP contribution in [0, 0.1) is 11.8 Å². The van der Waals surface area contributed by atoms with Gasteiger partial charge >= 0.3 is 5.97 Å². The quantitative estimate of drug-likeness (QED) is 0.772. The third kappa shape index (κ3) is 5.02. The molecule has 2 atom stereocenters. The highest BCUT2D eigenvalue weighted by atomic mass is 16.4. The number of carboxylic acid groups (broad SMARTS) is 1. The summed E-state index contributed by atoms with van der Waals surface area (Å²) in [5.41, 5.74) is 0. The van der Waals surface area contributed by atoms with Crippen LogP contribution in [0.4, 0.5) is 0 Å². The van der Waals surface area contributed by atoms with Gasteiger partial charge in [0.15, 0.2) is 0 Å². The Morgan fingerprint density at radius 2 is 2.00 bits per heavy atom. The smallest absolute Gasteiger partial charge is 0.326 e. The number of aliphatic carboxylic acids is 1. The second kappa shape index (κ2) is 8.00. The molecular weight excluding hydrogens is 272 g/mol. The maximum atomic E-state index is 12.2. The number of piperidine rings is 1. The van der Waals surface area contributed by atoms with Crippen molar-refractivity contribution in [2.45, 2.75) is 52.5 Å². The molecule has 0 saturated carbocycles. The van der Waals surface area contributed by atoms with E-state index >= 15 is 0 Å². The number of amides is 2. The zero-order valence-electron chi connectivity index (χ0n) is 13.1. The molecule has 1 unspecified atom stereocenters. The fourth-order valence-corrected chi connectivity index (χ4v) is 2.59. The summed E-state index contributed by atoms with van der Waals surface area (Å²) in [5, 5.41) is 11.7. The Hall–Kier alpha value is -1.59. The summed E-state index contributed by atoms with van der Waals surface area (Å²) in [4.78, 5) is 37.0. The van der Waals surface area contributed by atoms with E-state index in [1.54, 1.807) is 4.90 Å². The predicted molar refractivity (Wildman–Crippen MR) is 78.6 cm³/mol. The fraction of sp³-hybridized carbons (Fsp3) is 0.800. The van der Waals surface area contributed by atoms with Crippen LogP contribution in [0.5, 0.6) is 0 Å². The molecule has 2 amide bonds. The lowest BCUT2D eigenvalue weighted by Crippen LogP contribution is -2.50. The lowest BCUT2D eigenvalue weighted by atomic mass is 9.95. The van der Waals surface area contributed by atoms with Gasteiger partial charge in [-0.05, 0) is 19.3 Å². The van der Waals surface area contributed by atoms with Crippen LogP contribution in [0.15, 0.2) is 0 Å². The van der Waals surface area contributed by atoms with Crippen LogP contribution in [-0.2, 0) is 14.4 Å². The van der Waals surface area contributed by atoms with Crippen LogP contribution in [0.25, 0.3) is 0 Å². The molecule has 1 saturated heterocycles. The Bertz CT molecular complexity index is 395. The minimum Gasteiger partial charge on any atom is -0.480 e. The molecule has 1 fully saturated rings. The zero-order valence-corrected chi connectivity index (χ0v) is 13.1. The Kier molecular flexibility index (Phi) is 6.65. The van der Waals surface area contributed by atoms with Crippen molar-refractivity contribution >= 4 is 17.8 Å². The summed E-state index contributed by atoms with van der Waals surface area (Å²) in [7, 11) is 0. The van der Waals surface area contributed by atoms with Crippen molar-refractivity contribution < 1.29 is 19.5 Å². The average molecular weight is 298 g/mol. The lowest BCUT2D eigenvalue weighted by Gasteiger charge is -2.33. The number of likely N-dealkylation sites (tertiary alicyclic amines) is 1. The number of hydrogen-bond acceptors (Lipinski definition) is 3. The number of nitrogens with zero attached hydrogens (tertiary/aromatic N) is 1. The van der Waals surface area contributed by atoms with Gasteiger partial charge in [0.25, 0.3) is 0 Å². The van der Waals surface area contributed by atoms with E-state index in [0.717, 1.165) is 6.42 Å². The average Bonchev–Trinajstić information content (AvgIpc) is 2.45. The molecule has 1 rings (SSSR count). The zero-order chi connectivity index (χ0) is 16.0. The molecular formula is C15H26N2O4. The number of carbonyl (C=O) groups is 3. The topological polar surface area (TPSA) is 86.7 Å². The number of carboxylic acids is 1. The van der Waals surface area contributed by atoms with Gasteiger partial charge in [0.05, 0.1) is 5.92 Å². The molecule has 0 aromatic carbocycles. The minimum atomic E-state index is -1.00. The number of carbonyl (C=O) groups excluding carboxylic acids is 2. The van der Waals surface area contributed by atoms with E-state index in [9.17, 15) is 14.4 Å². The van der Waals surface area contributed by atoms with Crippen LogP contribution in [0.3, 0.4) is 0 Å². The molecule has 0 aliphatic carbocycles. The molecule has 0 aromatic rings. The fourth-order valence-electron chi connectivity index (χ4n) is 2.59. The van der Waals surface area contributed by atoms with Crippen molar-refractivity contribution in [3.63, 3.8) is 0 Å². The van der Waals surface area contributed by atoms with Crippen LogP contribution in [0.1, 0.15) is 46.5 Å². The largest absolute Gasteiger partial charge is 0.480 e. The number of nitrogens with one attached hydrogen (secondary N) is 1. The van der Waals surface area contributed by atoms with Crippen molar-refractivity contribution in [1.82, 2.24) is 10.2 Å². The molecule has 1 heterocycles. The summed E-state index contributed by atoms with van der Waals surface area (Å²) in [6, 6.07) is -0.835. The van der Waals surface area contributed by atoms with Gasteiger partial charge in [-0.3, -0.25) is 9.59 Å². The summed E-state index contributed by atoms with van der Waals surface area (Å²) in [6.07, 6.45) is 2.59. The normalized spacial score (nSPS) is 20.2. The first kappa shape index (κ1) is 17.5. The first-order chi connectivity index (χ1) is 9.86. The Labute approximate surface area is 125 Å². The summed E-state index contributed by atoms with van der Waals surface area (Å²) in [6.45, 7) is 6.63. The van der Waals surface area contributed by atoms with E-state index in [1.165, 1.54) is 0 Å². The minimum absolute atomic E-state index is 0.0517. The molecule has 0 aromatic heterocycles. The van der Waals surface area contributed by atoms with Gasteiger partial charge in [-0.1, -0.05) is 27.2 Å².